The van der Waals surface area contributed by atoms with Gasteiger partial charge < -0.3 is 5.41 Å². The van der Waals surface area contributed by atoms with Gasteiger partial charge in [0, 0.05) is 38.1 Å². The van der Waals surface area contributed by atoms with Gasteiger partial charge >= 0.3 is 0 Å². The van der Waals surface area contributed by atoms with E-state index in [2.05, 4.69) is 36.4 Å². The van der Waals surface area contributed by atoms with Crippen LogP contribution >= 0.6 is 0 Å². The zero-order chi connectivity index (χ0) is 42.8. The molecule has 6 aromatic rings. The number of carbonyl (C=O) groups excluding carboxylic acids is 1. The maximum Gasteiger partial charge on any atom is 0.149 e. The van der Waals surface area contributed by atoms with Crippen LogP contribution in [0.5, 0.6) is 0 Å². The van der Waals surface area contributed by atoms with Crippen molar-refractivity contribution in [2.24, 2.45) is 0 Å². The van der Waals surface area contributed by atoms with Crippen LogP contribution in [0.4, 0.5) is 0 Å². The monoisotopic (exact) mass is 855 g/mol. The first-order valence-electron chi connectivity index (χ1n) is 20.9. The summed E-state index contributed by atoms with van der Waals surface area (Å²) in [7, 11) is 0. The fraction of sp³-hybridized carbons (Fsp3) is 0.309. The minimum absolute atomic E-state index is 0. The van der Waals surface area contributed by atoms with Gasteiger partial charge in [-0.25, -0.2) is 0 Å². The normalized spacial score (nSPS) is 9.07. The van der Waals surface area contributed by atoms with E-state index in [9.17, 15) is 10.2 Å². The number of hydrogen-bond acceptors (Lipinski definition) is 1. The Kier molecular flexibility index (Phi) is 38.6. The molecule has 0 fully saturated rings. The van der Waals surface area contributed by atoms with Gasteiger partial charge in [-0.05, 0) is 40.3 Å². The molecular formula is C55H76NOY-. The molecule has 0 atom stereocenters. The van der Waals surface area contributed by atoms with Crippen molar-refractivity contribution in [3.63, 3.8) is 0 Å². The Morgan fingerprint density at radius 2 is 0.466 bits per heavy atom. The molecule has 2 nitrogen and oxygen atoms in total. The van der Waals surface area contributed by atoms with Crippen molar-refractivity contribution in [1.82, 2.24) is 0 Å². The first-order chi connectivity index (χ1) is 27.5. The summed E-state index contributed by atoms with van der Waals surface area (Å²) in [6.45, 7) is 27.5. The van der Waals surface area contributed by atoms with E-state index in [4.69, 9.17) is 0 Å². The van der Waals surface area contributed by atoms with Crippen LogP contribution in [0.15, 0.2) is 182 Å². The third kappa shape index (κ3) is 15.8. The average Bonchev–Trinajstić information content (AvgIpc) is 3.30. The molecular weight excluding hydrogens is 780 g/mol. The summed E-state index contributed by atoms with van der Waals surface area (Å²) in [5.41, 5.74) is 5.15. The minimum Gasteiger partial charge on any atom is -0.810 e. The largest absolute Gasteiger partial charge is 0.810 e. The van der Waals surface area contributed by atoms with Crippen LogP contribution in [-0.4, -0.2) is 11.5 Å². The van der Waals surface area contributed by atoms with Gasteiger partial charge in [-0.3, -0.25) is 4.79 Å². The summed E-state index contributed by atoms with van der Waals surface area (Å²) in [4.78, 5) is 12.9. The molecule has 0 N–H and O–H groups in total. The Bertz CT molecular complexity index is 1440. The Hall–Kier alpha value is -4.24. The van der Waals surface area contributed by atoms with Crippen LogP contribution < -0.4 is 0 Å². The fourth-order valence-electron chi connectivity index (χ4n) is 6.37. The van der Waals surface area contributed by atoms with Crippen LogP contribution in [-0.2, 0) is 48.3 Å². The third-order valence-corrected chi connectivity index (χ3v) is 8.31. The van der Waals surface area contributed by atoms with Gasteiger partial charge in [0.15, 0.2) is 0 Å². The van der Waals surface area contributed by atoms with Crippen molar-refractivity contribution in [1.29, 1.82) is 0 Å². The number of ketones is 1. The zero-order valence-corrected chi connectivity index (χ0v) is 40.6. The van der Waals surface area contributed by atoms with Crippen LogP contribution in [0.2, 0.25) is 0 Å². The van der Waals surface area contributed by atoms with Crippen LogP contribution in [0.3, 0.4) is 0 Å². The van der Waals surface area contributed by atoms with E-state index < -0.39 is 10.8 Å². The second-order valence-electron chi connectivity index (χ2n) is 10.8. The predicted molar refractivity (Wildman–Crippen MR) is 258 cm³/mol. The van der Waals surface area contributed by atoms with E-state index in [0.29, 0.717) is 5.71 Å². The molecule has 0 saturated heterocycles. The molecule has 58 heavy (non-hydrogen) atoms. The fourth-order valence-corrected chi connectivity index (χ4v) is 6.37. The van der Waals surface area contributed by atoms with Gasteiger partial charge in [0.05, 0.1) is 0 Å². The topological polar surface area (TPSA) is 39.4 Å². The minimum atomic E-state index is -0.760. The Morgan fingerprint density at radius 1 is 0.328 bits per heavy atom. The molecule has 0 heterocycles. The molecule has 0 aliphatic heterocycles. The molecule has 0 bridgehead atoms. The molecule has 0 spiro atoms. The number of carbonyl (C=O) groups is 1. The second kappa shape index (κ2) is 37.1. The number of nitrogens with zero attached hydrogens (tertiary/aromatic N) is 1. The molecule has 0 amide bonds. The van der Waals surface area contributed by atoms with Crippen molar-refractivity contribution in [3.05, 3.63) is 221 Å². The summed E-state index contributed by atoms with van der Waals surface area (Å²) in [6.07, 6.45) is 0. The van der Waals surface area contributed by atoms with Crippen molar-refractivity contribution in [2.75, 3.05) is 0 Å². The first-order valence-corrected chi connectivity index (χ1v) is 20.9. The van der Waals surface area contributed by atoms with Gasteiger partial charge in [-0.15, -0.1) is 0 Å². The molecule has 1 radical (unpaired) electrons. The predicted octanol–water partition coefficient (Wildman–Crippen LogP) is 16.5. The summed E-state index contributed by atoms with van der Waals surface area (Å²) in [5, 5.41) is 10.7. The van der Waals surface area contributed by atoms with Gasteiger partial charge in [-0.1, -0.05) is 279 Å². The molecule has 0 aromatic heterocycles. The van der Waals surface area contributed by atoms with Crippen molar-refractivity contribution < 1.29 is 37.5 Å². The van der Waals surface area contributed by atoms with E-state index in [1.54, 1.807) is 13.8 Å². The second-order valence-corrected chi connectivity index (χ2v) is 10.8. The maximum atomic E-state index is 12.9. The van der Waals surface area contributed by atoms with E-state index in [1.807, 2.05) is 229 Å². The number of rotatable bonds is 8. The molecule has 0 saturated carbocycles. The van der Waals surface area contributed by atoms with Crippen molar-refractivity contribution >= 4 is 11.5 Å². The smallest absolute Gasteiger partial charge is 0.149 e. The SMILES string of the molecule is C.CC.CC.CC.CC.CC.CC.CC(=O)C(c1ccccc1)(c1ccccc1)c1ccccc1.CC(=[N-])C(c1ccccc1)(c1ccccc1)c1ccccc1.[Y]. The molecule has 3 heteroatoms. The quantitative estimate of drug-likeness (QED) is 0.111. The Balaban J connectivity index is -0.000000389. The summed E-state index contributed by atoms with van der Waals surface area (Å²) in [5.74, 6) is 0.121. The molecule has 311 valence electrons. The first kappa shape index (κ1) is 60.4. The Morgan fingerprint density at radius 3 is 0.586 bits per heavy atom. The number of Topliss-reactive ketones (excluding diaryl/α,β-unsaturated/α-hetero) is 1. The molecule has 0 unspecified atom stereocenters. The third-order valence-electron chi connectivity index (χ3n) is 8.31. The van der Waals surface area contributed by atoms with Gasteiger partial charge in [0.25, 0.3) is 0 Å². The molecule has 6 rings (SSSR count). The van der Waals surface area contributed by atoms with Crippen molar-refractivity contribution in [2.45, 2.75) is 115 Å². The van der Waals surface area contributed by atoms with Gasteiger partial charge in [0.2, 0.25) is 0 Å². The van der Waals surface area contributed by atoms with Crippen LogP contribution in [0.1, 0.15) is 138 Å². The average molecular weight is 856 g/mol. The number of benzene rings is 6. The van der Waals surface area contributed by atoms with E-state index >= 15 is 0 Å². The molecule has 6 aromatic carbocycles. The van der Waals surface area contributed by atoms with E-state index in [1.165, 1.54) is 0 Å². The van der Waals surface area contributed by atoms with E-state index in [0.717, 1.165) is 33.4 Å². The molecule has 0 aliphatic rings. The van der Waals surface area contributed by atoms with Gasteiger partial charge in [-0.2, -0.15) is 5.71 Å². The van der Waals surface area contributed by atoms with Crippen LogP contribution in [0, 0.1) is 0 Å². The summed E-state index contributed by atoms with van der Waals surface area (Å²) < 4.78 is 0. The zero-order valence-electron chi connectivity index (χ0n) is 37.8. The van der Waals surface area contributed by atoms with E-state index in [-0.39, 0.29) is 45.9 Å². The maximum absolute atomic E-state index is 12.9. The summed E-state index contributed by atoms with van der Waals surface area (Å²) >= 11 is 0. The number of hydrogen-bond donors (Lipinski definition) is 0. The molecule has 0 aliphatic carbocycles. The Labute approximate surface area is 382 Å². The van der Waals surface area contributed by atoms with Crippen LogP contribution in [0.25, 0.3) is 5.41 Å². The standard InChI is InChI=1S/C21H18N.C21H18O.6C2H6.CH4.Y/c2*1-17(22)21(18-11-5-2-6-12-18,19-13-7-3-8-14-19)20-15-9-4-10-16-20;6*1-2;;/h2*2-16H,1H3;6*1-2H3;1H4;/q-1;;;;;;;;;. The van der Waals surface area contributed by atoms with Gasteiger partial charge in [0.1, 0.15) is 11.2 Å². The summed E-state index contributed by atoms with van der Waals surface area (Å²) in [6, 6.07) is 60.5. The van der Waals surface area contributed by atoms with Crippen molar-refractivity contribution in [3.8, 4) is 0 Å².